The highest BCUT2D eigenvalue weighted by Crippen LogP contribution is 2.54. The summed E-state index contributed by atoms with van der Waals surface area (Å²) in [4.78, 5) is 17.3. The number of carbonyl (C=O) groups is 1. The van der Waals surface area contributed by atoms with E-state index in [-0.39, 0.29) is 11.3 Å². The molecule has 2 saturated heterocycles. The number of piperidine rings is 2. The number of amides is 1. The second-order valence-electron chi connectivity index (χ2n) is 9.39. The van der Waals surface area contributed by atoms with E-state index in [0.717, 1.165) is 44.8 Å². The summed E-state index contributed by atoms with van der Waals surface area (Å²) in [6, 6.07) is 6.06. The van der Waals surface area contributed by atoms with Gasteiger partial charge in [-0.25, -0.2) is 0 Å². The van der Waals surface area contributed by atoms with E-state index in [1.54, 1.807) is 6.92 Å². The molecule has 5 rings (SSSR count). The van der Waals surface area contributed by atoms with Gasteiger partial charge in [-0.2, -0.15) is 0 Å². The maximum absolute atomic E-state index is 12.6. The number of rotatable bonds is 3. The van der Waals surface area contributed by atoms with Crippen LogP contribution in [-0.4, -0.2) is 59.1 Å². The van der Waals surface area contributed by atoms with Crippen molar-refractivity contribution in [3.05, 3.63) is 29.3 Å². The molecule has 3 N–H and O–H groups in total. The first-order valence-electron chi connectivity index (χ1n) is 10.6. The zero-order valence-electron chi connectivity index (χ0n) is 16.2. The molecular formula is C22H31N3O2. The van der Waals surface area contributed by atoms with Gasteiger partial charge in [0.15, 0.2) is 0 Å². The minimum absolute atomic E-state index is 0.0818. The van der Waals surface area contributed by atoms with E-state index < -0.39 is 6.04 Å². The molecule has 1 amide bonds. The summed E-state index contributed by atoms with van der Waals surface area (Å²) in [7, 11) is 0. The van der Waals surface area contributed by atoms with Crippen LogP contribution in [0.15, 0.2) is 18.2 Å². The number of carbonyl (C=O) groups excluding carboxylic acids is 1. The summed E-state index contributed by atoms with van der Waals surface area (Å²) in [6.45, 7) is 5.74. The Morgan fingerprint density at radius 1 is 1.33 bits per heavy atom. The number of benzene rings is 1. The number of phenolic OH excluding ortho intramolecular Hbond substituents is 1. The van der Waals surface area contributed by atoms with Gasteiger partial charge in [-0.05, 0) is 74.8 Å². The van der Waals surface area contributed by atoms with Crippen molar-refractivity contribution in [1.29, 1.82) is 0 Å². The molecule has 146 valence electrons. The first-order chi connectivity index (χ1) is 13.0. The molecule has 27 heavy (non-hydrogen) atoms. The lowest BCUT2D eigenvalue weighted by molar-refractivity contribution is -0.138. The maximum atomic E-state index is 12.6. The largest absolute Gasteiger partial charge is 0.508 e. The van der Waals surface area contributed by atoms with Gasteiger partial charge in [0.1, 0.15) is 5.75 Å². The second kappa shape index (κ2) is 6.21. The summed E-state index contributed by atoms with van der Waals surface area (Å²) in [6.07, 6.45) is 5.91. The summed E-state index contributed by atoms with van der Waals surface area (Å²) in [5.41, 5.74) is 8.77. The molecule has 4 aliphatic rings. The van der Waals surface area contributed by atoms with Crippen LogP contribution in [0.3, 0.4) is 0 Å². The van der Waals surface area contributed by atoms with E-state index in [0.29, 0.717) is 17.7 Å². The molecule has 2 aliphatic carbocycles. The van der Waals surface area contributed by atoms with Crippen LogP contribution in [0.5, 0.6) is 5.75 Å². The molecule has 2 aliphatic heterocycles. The third kappa shape index (κ3) is 2.78. The molecule has 1 saturated carbocycles. The summed E-state index contributed by atoms with van der Waals surface area (Å²) in [5.74, 6) is 1.77. The van der Waals surface area contributed by atoms with Crippen molar-refractivity contribution >= 4 is 5.91 Å². The fourth-order valence-electron chi connectivity index (χ4n) is 6.11. The smallest absolute Gasteiger partial charge is 0.239 e. The molecule has 0 unspecified atom stereocenters. The van der Waals surface area contributed by atoms with Gasteiger partial charge in [0.2, 0.25) is 5.91 Å². The molecule has 1 aromatic rings. The van der Waals surface area contributed by atoms with Gasteiger partial charge in [0.25, 0.3) is 0 Å². The summed E-state index contributed by atoms with van der Waals surface area (Å²) in [5, 5.41) is 10.2. The molecule has 2 heterocycles. The Morgan fingerprint density at radius 2 is 2.11 bits per heavy atom. The third-order valence-corrected chi connectivity index (χ3v) is 7.68. The summed E-state index contributed by atoms with van der Waals surface area (Å²) < 4.78 is 0. The predicted molar refractivity (Wildman–Crippen MR) is 105 cm³/mol. The van der Waals surface area contributed by atoms with E-state index in [9.17, 15) is 9.90 Å². The zero-order valence-corrected chi connectivity index (χ0v) is 16.2. The SMILES string of the molecule is C[C@H](N)C(=O)N1CC[C@]23CCN(CC4CC4)[C@H](Cc4ccc(O)cc42)[C@@H]3C1. The van der Waals surface area contributed by atoms with Crippen LogP contribution in [0.25, 0.3) is 0 Å². The van der Waals surface area contributed by atoms with E-state index in [4.69, 9.17) is 5.73 Å². The Labute approximate surface area is 161 Å². The Balaban J connectivity index is 1.53. The van der Waals surface area contributed by atoms with Crippen LogP contribution < -0.4 is 5.73 Å². The Kier molecular flexibility index (Phi) is 4.03. The zero-order chi connectivity index (χ0) is 18.8. The number of hydrogen-bond donors (Lipinski definition) is 2. The minimum Gasteiger partial charge on any atom is -0.508 e. The molecule has 0 aromatic heterocycles. The Bertz CT molecular complexity index is 760. The average molecular weight is 370 g/mol. The molecule has 2 bridgehead atoms. The predicted octanol–water partition coefficient (Wildman–Crippen LogP) is 1.87. The van der Waals surface area contributed by atoms with E-state index in [1.165, 1.54) is 30.5 Å². The topological polar surface area (TPSA) is 69.8 Å². The normalized spacial score (nSPS) is 33.9. The van der Waals surface area contributed by atoms with Crippen LogP contribution in [0, 0.1) is 11.8 Å². The van der Waals surface area contributed by atoms with Crippen molar-refractivity contribution in [2.24, 2.45) is 17.6 Å². The molecule has 5 nitrogen and oxygen atoms in total. The van der Waals surface area contributed by atoms with Gasteiger partial charge in [0, 0.05) is 37.0 Å². The second-order valence-corrected chi connectivity index (χ2v) is 9.39. The highest BCUT2D eigenvalue weighted by molar-refractivity contribution is 5.81. The Hall–Kier alpha value is -1.59. The van der Waals surface area contributed by atoms with Gasteiger partial charge in [-0.1, -0.05) is 6.07 Å². The van der Waals surface area contributed by atoms with Crippen molar-refractivity contribution in [2.45, 2.75) is 56.5 Å². The highest BCUT2D eigenvalue weighted by atomic mass is 16.3. The number of likely N-dealkylation sites (tertiary alicyclic amines) is 2. The lowest BCUT2D eigenvalue weighted by atomic mass is 9.54. The van der Waals surface area contributed by atoms with Crippen LogP contribution in [0.4, 0.5) is 0 Å². The lowest BCUT2D eigenvalue weighted by Gasteiger charge is -2.60. The number of nitrogens with two attached hydrogens (primary N) is 1. The lowest BCUT2D eigenvalue weighted by Crippen LogP contribution is -2.66. The third-order valence-electron chi connectivity index (χ3n) is 7.68. The van der Waals surface area contributed by atoms with Gasteiger partial charge >= 0.3 is 0 Å². The minimum atomic E-state index is -0.429. The van der Waals surface area contributed by atoms with Gasteiger partial charge in [-0.3, -0.25) is 9.69 Å². The number of aromatic hydroxyl groups is 1. The monoisotopic (exact) mass is 369 g/mol. The van der Waals surface area contributed by atoms with Gasteiger partial charge < -0.3 is 15.7 Å². The standard InChI is InChI=1S/C22H31N3O2/c1-14(23)21(27)25-9-7-22-6-8-24(12-15-2-3-15)20(19(22)13-25)10-16-4-5-17(26)11-18(16)22/h4-5,11,14-15,19-20,26H,2-3,6-10,12-13,23H2,1H3/t14-,19-,20+,22+/m0/s1. The number of nitrogens with zero attached hydrogens (tertiary/aromatic N) is 2. The van der Waals surface area contributed by atoms with Crippen LogP contribution >= 0.6 is 0 Å². The molecule has 0 spiro atoms. The Morgan fingerprint density at radius 3 is 2.85 bits per heavy atom. The number of hydrogen-bond acceptors (Lipinski definition) is 4. The molecule has 1 aromatic carbocycles. The van der Waals surface area contributed by atoms with Crippen LogP contribution in [0.2, 0.25) is 0 Å². The van der Waals surface area contributed by atoms with E-state index >= 15 is 0 Å². The quantitative estimate of drug-likeness (QED) is 0.853. The summed E-state index contributed by atoms with van der Waals surface area (Å²) >= 11 is 0. The molecule has 3 fully saturated rings. The van der Waals surface area contributed by atoms with Crippen molar-refractivity contribution in [1.82, 2.24) is 9.80 Å². The van der Waals surface area contributed by atoms with Gasteiger partial charge in [0.05, 0.1) is 6.04 Å². The number of phenols is 1. The average Bonchev–Trinajstić information content (AvgIpc) is 3.47. The molecule has 5 heteroatoms. The number of fused-ring (bicyclic) bond motifs is 1. The van der Waals surface area contributed by atoms with E-state index in [2.05, 4.69) is 11.0 Å². The fourth-order valence-corrected chi connectivity index (χ4v) is 6.11. The van der Waals surface area contributed by atoms with Crippen LogP contribution in [0.1, 0.15) is 43.7 Å². The first-order valence-corrected chi connectivity index (χ1v) is 10.6. The van der Waals surface area contributed by atoms with E-state index in [1.807, 2.05) is 17.0 Å². The van der Waals surface area contributed by atoms with Crippen LogP contribution in [-0.2, 0) is 16.6 Å². The van der Waals surface area contributed by atoms with Crippen molar-refractivity contribution in [3.8, 4) is 5.75 Å². The van der Waals surface area contributed by atoms with Crippen molar-refractivity contribution in [2.75, 3.05) is 26.2 Å². The van der Waals surface area contributed by atoms with Crippen molar-refractivity contribution in [3.63, 3.8) is 0 Å². The fraction of sp³-hybridized carbons (Fsp3) is 0.682. The first kappa shape index (κ1) is 17.5. The van der Waals surface area contributed by atoms with Gasteiger partial charge in [-0.15, -0.1) is 0 Å². The molecule has 4 atom stereocenters. The van der Waals surface area contributed by atoms with Crippen molar-refractivity contribution < 1.29 is 9.90 Å². The molecular weight excluding hydrogens is 338 g/mol. The maximum Gasteiger partial charge on any atom is 0.239 e. The molecule has 0 radical (unpaired) electrons. The highest BCUT2D eigenvalue weighted by Gasteiger charge is 2.56.